The SMILES string of the molecule is O=C(Nc1ccc(CC(Nc2cc(Cl)ncn2)C(=O)O)cc1)c1c(Cl)cncc1Cl. The number of pyridine rings is 1. The first-order valence-electron chi connectivity index (χ1n) is 8.49. The Morgan fingerprint density at radius 3 is 2.30 bits per heavy atom. The van der Waals surface area contributed by atoms with Gasteiger partial charge in [0, 0.05) is 30.6 Å². The van der Waals surface area contributed by atoms with Crippen LogP contribution in [-0.2, 0) is 11.2 Å². The van der Waals surface area contributed by atoms with E-state index < -0.39 is 17.9 Å². The van der Waals surface area contributed by atoms with E-state index in [4.69, 9.17) is 34.8 Å². The number of hydrogen-bond donors (Lipinski definition) is 3. The van der Waals surface area contributed by atoms with Crippen LogP contribution in [0.15, 0.2) is 49.1 Å². The van der Waals surface area contributed by atoms with E-state index in [0.717, 1.165) is 5.56 Å². The van der Waals surface area contributed by atoms with Crippen LogP contribution >= 0.6 is 34.8 Å². The summed E-state index contributed by atoms with van der Waals surface area (Å²) >= 11 is 17.8. The summed E-state index contributed by atoms with van der Waals surface area (Å²) in [4.78, 5) is 35.5. The number of nitrogens with zero attached hydrogens (tertiary/aromatic N) is 3. The van der Waals surface area contributed by atoms with Crippen molar-refractivity contribution in [3.8, 4) is 0 Å². The average molecular weight is 467 g/mol. The van der Waals surface area contributed by atoms with Gasteiger partial charge in [0.1, 0.15) is 23.3 Å². The van der Waals surface area contributed by atoms with Gasteiger partial charge in [-0.15, -0.1) is 0 Å². The Morgan fingerprint density at radius 2 is 1.70 bits per heavy atom. The molecule has 0 saturated carbocycles. The van der Waals surface area contributed by atoms with Gasteiger partial charge in [0.2, 0.25) is 0 Å². The lowest BCUT2D eigenvalue weighted by molar-refractivity contribution is -0.137. The lowest BCUT2D eigenvalue weighted by Gasteiger charge is -2.15. The average Bonchev–Trinajstić information content (AvgIpc) is 2.69. The van der Waals surface area contributed by atoms with Crippen LogP contribution in [0.4, 0.5) is 11.5 Å². The van der Waals surface area contributed by atoms with E-state index in [9.17, 15) is 14.7 Å². The van der Waals surface area contributed by atoms with Gasteiger partial charge in [0.15, 0.2) is 0 Å². The molecule has 0 bridgehead atoms. The molecule has 0 aliphatic heterocycles. The molecule has 0 aliphatic carbocycles. The topological polar surface area (TPSA) is 117 Å². The van der Waals surface area contributed by atoms with Crippen molar-refractivity contribution in [2.24, 2.45) is 0 Å². The molecule has 0 saturated heterocycles. The lowest BCUT2D eigenvalue weighted by atomic mass is 10.1. The van der Waals surface area contributed by atoms with E-state index in [1.165, 1.54) is 24.8 Å². The molecule has 3 rings (SSSR count). The minimum Gasteiger partial charge on any atom is -0.480 e. The van der Waals surface area contributed by atoms with Gasteiger partial charge < -0.3 is 15.7 Å². The third-order valence-corrected chi connectivity index (χ3v) is 4.77. The second kappa shape index (κ2) is 9.71. The molecule has 11 heteroatoms. The fourth-order valence-corrected chi connectivity index (χ4v) is 3.26. The smallest absolute Gasteiger partial charge is 0.326 e. The zero-order valence-electron chi connectivity index (χ0n) is 15.1. The molecule has 0 fully saturated rings. The summed E-state index contributed by atoms with van der Waals surface area (Å²) < 4.78 is 0. The summed E-state index contributed by atoms with van der Waals surface area (Å²) in [6, 6.07) is 7.20. The van der Waals surface area contributed by atoms with E-state index in [1.54, 1.807) is 24.3 Å². The highest BCUT2D eigenvalue weighted by Crippen LogP contribution is 2.24. The Bertz CT molecular complexity index is 1060. The maximum absolute atomic E-state index is 12.4. The van der Waals surface area contributed by atoms with Crippen molar-refractivity contribution < 1.29 is 14.7 Å². The number of amides is 1. The molecule has 2 heterocycles. The highest BCUT2D eigenvalue weighted by Gasteiger charge is 2.19. The molecule has 2 aromatic heterocycles. The number of carboxylic acid groups (broad SMARTS) is 1. The zero-order valence-corrected chi connectivity index (χ0v) is 17.4. The number of hydrogen-bond acceptors (Lipinski definition) is 6. The van der Waals surface area contributed by atoms with Gasteiger partial charge in [-0.3, -0.25) is 9.78 Å². The Labute approximate surface area is 186 Å². The van der Waals surface area contributed by atoms with Crippen LogP contribution in [0.3, 0.4) is 0 Å². The van der Waals surface area contributed by atoms with Crippen LogP contribution in [0.5, 0.6) is 0 Å². The van der Waals surface area contributed by atoms with Crippen LogP contribution < -0.4 is 10.6 Å². The maximum atomic E-state index is 12.4. The van der Waals surface area contributed by atoms with Crippen molar-refractivity contribution in [1.82, 2.24) is 15.0 Å². The van der Waals surface area contributed by atoms with Crippen LogP contribution in [-0.4, -0.2) is 38.0 Å². The van der Waals surface area contributed by atoms with Gasteiger partial charge >= 0.3 is 5.97 Å². The van der Waals surface area contributed by atoms with Crippen molar-refractivity contribution in [3.05, 3.63) is 75.4 Å². The molecule has 1 amide bonds. The first-order valence-corrected chi connectivity index (χ1v) is 9.63. The molecular weight excluding hydrogens is 453 g/mol. The van der Waals surface area contributed by atoms with Gasteiger partial charge in [-0.1, -0.05) is 46.9 Å². The van der Waals surface area contributed by atoms with Gasteiger partial charge in [0.25, 0.3) is 5.91 Å². The summed E-state index contributed by atoms with van der Waals surface area (Å²) in [6.07, 6.45) is 4.07. The van der Waals surface area contributed by atoms with Crippen molar-refractivity contribution in [2.75, 3.05) is 10.6 Å². The Balaban J connectivity index is 1.68. The molecule has 3 aromatic rings. The number of rotatable bonds is 7. The molecule has 3 N–H and O–H groups in total. The highest BCUT2D eigenvalue weighted by molar-refractivity contribution is 6.40. The van der Waals surface area contributed by atoms with Gasteiger partial charge in [-0.2, -0.15) is 0 Å². The predicted octanol–water partition coefficient (Wildman–Crippen LogP) is 4.19. The summed E-state index contributed by atoms with van der Waals surface area (Å²) in [6.45, 7) is 0. The van der Waals surface area contributed by atoms with E-state index in [1.807, 2.05) is 0 Å². The largest absolute Gasteiger partial charge is 0.480 e. The number of halogens is 3. The molecule has 1 unspecified atom stereocenters. The number of aromatic nitrogens is 3. The minimum atomic E-state index is -1.05. The summed E-state index contributed by atoms with van der Waals surface area (Å²) in [5, 5.41) is 15.5. The van der Waals surface area contributed by atoms with Gasteiger partial charge in [0.05, 0.1) is 15.6 Å². The summed E-state index contributed by atoms with van der Waals surface area (Å²) in [5.41, 5.74) is 1.35. The van der Waals surface area contributed by atoms with E-state index in [0.29, 0.717) is 11.5 Å². The van der Waals surface area contributed by atoms with Crippen molar-refractivity contribution in [1.29, 1.82) is 0 Å². The van der Waals surface area contributed by atoms with Crippen LogP contribution in [0.25, 0.3) is 0 Å². The second-order valence-electron chi connectivity index (χ2n) is 6.09. The molecule has 8 nitrogen and oxygen atoms in total. The summed E-state index contributed by atoms with van der Waals surface area (Å²) in [7, 11) is 0. The molecular formula is C19H14Cl3N5O3. The Morgan fingerprint density at radius 1 is 1.03 bits per heavy atom. The third kappa shape index (κ3) is 5.56. The fourth-order valence-electron chi connectivity index (χ4n) is 2.57. The van der Waals surface area contributed by atoms with Crippen LogP contribution in [0.1, 0.15) is 15.9 Å². The fraction of sp³-hybridized carbons (Fsp3) is 0.105. The molecule has 30 heavy (non-hydrogen) atoms. The van der Waals surface area contributed by atoms with Crippen molar-refractivity contribution in [2.45, 2.75) is 12.5 Å². The van der Waals surface area contributed by atoms with Crippen molar-refractivity contribution in [3.63, 3.8) is 0 Å². The first-order chi connectivity index (χ1) is 14.3. The normalized spacial score (nSPS) is 11.6. The quantitative estimate of drug-likeness (QED) is 0.447. The van der Waals surface area contributed by atoms with E-state index in [2.05, 4.69) is 25.6 Å². The molecule has 154 valence electrons. The molecule has 1 aromatic carbocycles. The van der Waals surface area contributed by atoms with Crippen LogP contribution in [0, 0.1) is 0 Å². The predicted molar refractivity (Wildman–Crippen MR) is 114 cm³/mol. The van der Waals surface area contributed by atoms with Crippen LogP contribution in [0.2, 0.25) is 15.2 Å². The number of anilines is 2. The second-order valence-corrected chi connectivity index (χ2v) is 7.30. The zero-order chi connectivity index (χ0) is 21.7. The molecule has 0 radical (unpaired) electrons. The van der Waals surface area contributed by atoms with Crippen molar-refractivity contribution >= 4 is 58.2 Å². The number of carboxylic acids is 1. The lowest BCUT2D eigenvalue weighted by Crippen LogP contribution is -2.31. The van der Waals surface area contributed by atoms with E-state index >= 15 is 0 Å². The Kier molecular flexibility index (Phi) is 7.04. The number of benzene rings is 1. The number of aliphatic carboxylic acids is 1. The van der Waals surface area contributed by atoms with Gasteiger partial charge in [-0.25, -0.2) is 14.8 Å². The summed E-state index contributed by atoms with van der Waals surface area (Å²) in [5.74, 6) is -1.23. The first kappa shape index (κ1) is 21.8. The Hall–Kier alpha value is -2.94. The monoisotopic (exact) mass is 465 g/mol. The minimum absolute atomic E-state index is 0.121. The number of nitrogens with one attached hydrogen (secondary N) is 2. The number of carbonyl (C=O) groups is 2. The number of carbonyl (C=O) groups excluding carboxylic acids is 1. The molecule has 1 atom stereocenters. The van der Waals surface area contributed by atoms with E-state index in [-0.39, 0.29) is 27.2 Å². The highest BCUT2D eigenvalue weighted by atomic mass is 35.5. The standard InChI is InChI=1S/C19H14Cl3N5O3/c20-12-7-23-8-13(21)17(12)18(28)26-11-3-1-10(2-4-11)5-14(19(29)30)27-16-6-15(22)24-9-25-16/h1-4,6-9,14H,5H2,(H,26,28)(H,29,30)(H,24,25,27). The molecule has 0 aliphatic rings. The third-order valence-electron chi connectivity index (χ3n) is 3.99. The maximum Gasteiger partial charge on any atom is 0.326 e. The molecule has 0 spiro atoms. The van der Waals surface area contributed by atoms with Gasteiger partial charge in [-0.05, 0) is 17.7 Å².